The number of hydrogen-bond donors (Lipinski definition) is 1. The van der Waals surface area contributed by atoms with Crippen LogP contribution in [0.4, 0.5) is 14.7 Å². The third kappa shape index (κ3) is 7.73. The summed E-state index contributed by atoms with van der Waals surface area (Å²) in [6.45, 7) is 1.86. The van der Waals surface area contributed by atoms with Crippen LogP contribution in [0.25, 0.3) is 11.2 Å². The molecule has 1 aliphatic rings. The fraction of sp³-hybridized carbons (Fsp3) is 0.213. The Bertz CT molecular complexity index is 2580. The number of halogens is 2. The van der Waals surface area contributed by atoms with E-state index in [0.29, 0.717) is 5.75 Å². The van der Waals surface area contributed by atoms with Crippen LogP contribution in [0, 0.1) is 0 Å². The SMILES string of the molecule is CCOc1nc(NC(c2ccccc2)(c2ccccc2)c2ccc(OC)cc2)nc2c1ncn2[C@@H]1O[C@](F)(COC(=O)c2ccccc2)[C@@H](OC(=O)c2ccccc2)[C@@]1(C)F. The van der Waals surface area contributed by atoms with E-state index in [1.54, 1.807) is 50.4 Å². The quantitative estimate of drug-likeness (QED) is 0.0834. The minimum Gasteiger partial charge on any atom is -0.497 e. The lowest BCUT2D eigenvalue weighted by molar-refractivity contribution is -0.207. The molecule has 0 aliphatic carbocycles. The number of nitrogens with zero attached hydrogens (tertiary/aromatic N) is 4. The molecule has 0 saturated carbocycles. The van der Waals surface area contributed by atoms with Crippen LogP contribution in [0.5, 0.6) is 11.6 Å². The lowest BCUT2D eigenvalue weighted by Gasteiger charge is -2.37. The number of hydrogen-bond acceptors (Lipinski definition) is 11. The second-order valence-electron chi connectivity index (χ2n) is 14.4. The Morgan fingerprint density at radius 1 is 0.770 bits per heavy atom. The highest BCUT2D eigenvalue weighted by atomic mass is 19.2. The molecule has 0 spiro atoms. The maximum atomic E-state index is 17.7. The summed E-state index contributed by atoms with van der Waals surface area (Å²) in [6, 6.07) is 42.6. The molecule has 61 heavy (non-hydrogen) atoms. The van der Waals surface area contributed by atoms with E-state index in [1.807, 2.05) is 84.9 Å². The fourth-order valence-electron chi connectivity index (χ4n) is 7.58. The average molecular weight is 826 g/mol. The standard InChI is InChI=1S/C47H41F2N5O7/c1-4-58-39-37-38(51-44(52-39)53-47(33-21-13-7-14-22-33,34-23-15-8-16-24-34)35-25-27-36(57-3)28-26-35)54(30-50-37)43-45(2,48)42(60-41(56)32-19-11-6-12-20-32)46(49,61-43)29-59-40(55)31-17-9-5-10-18-31/h5-28,30,42-43H,4,29H2,1-3H3,(H,51,52,53)/t42-,43+,45+,46+/m0/s1. The lowest BCUT2D eigenvalue weighted by atomic mass is 9.77. The molecule has 12 nitrogen and oxygen atoms in total. The van der Waals surface area contributed by atoms with E-state index in [2.05, 4.69) is 10.3 Å². The summed E-state index contributed by atoms with van der Waals surface area (Å²) in [5, 5.41) is 3.60. The first-order valence-corrected chi connectivity index (χ1v) is 19.5. The molecule has 1 fully saturated rings. The number of nitrogens with one attached hydrogen (secondary N) is 1. The molecule has 1 N–H and O–H groups in total. The number of esters is 2. The second kappa shape index (κ2) is 16.8. The van der Waals surface area contributed by atoms with E-state index >= 15 is 8.78 Å². The molecule has 7 aromatic rings. The molecule has 0 amide bonds. The summed E-state index contributed by atoms with van der Waals surface area (Å²) in [5.74, 6) is -4.37. The highest BCUT2D eigenvalue weighted by Crippen LogP contribution is 2.51. The molecule has 4 atom stereocenters. The third-order valence-corrected chi connectivity index (χ3v) is 10.5. The van der Waals surface area contributed by atoms with Crippen LogP contribution in [0.3, 0.4) is 0 Å². The zero-order valence-corrected chi connectivity index (χ0v) is 33.4. The Balaban J connectivity index is 1.25. The Kier molecular flexibility index (Phi) is 11.2. The largest absolute Gasteiger partial charge is 0.497 e. The molecule has 14 heteroatoms. The molecule has 3 heterocycles. The van der Waals surface area contributed by atoms with E-state index < -0.39 is 47.9 Å². The maximum absolute atomic E-state index is 17.7. The highest BCUT2D eigenvalue weighted by molar-refractivity contribution is 5.90. The number of carbonyl (C=O) groups excluding carboxylic acids is 2. The van der Waals surface area contributed by atoms with Crippen LogP contribution >= 0.6 is 0 Å². The van der Waals surface area contributed by atoms with Crippen molar-refractivity contribution in [3.05, 3.63) is 180 Å². The molecule has 0 unspecified atom stereocenters. The first kappa shape index (κ1) is 40.6. The van der Waals surface area contributed by atoms with Crippen LogP contribution in [-0.2, 0) is 19.7 Å². The highest BCUT2D eigenvalue weighted by Gasteiger charge is 2.68. The smallest absolute Gasteiger partial charge is 0.338 e. The maximum Gasteiger partial charge on any atom is 0.338 e. The van der Waals surface area contributed by atoms with Gasteiger partial charge in [0, 0.05) is 0 Å². The normalized spacial score (nSPS) is 19.9. The van der Waals surface area contributed by atoms with Crippen LogP contribution in [0.1, 0.15) is 57.5 Å². The molecule has 310 valence electrons. The van der Waals surface area contributed by atoms with Gasteiger partial charge in [0.2, 0.25) is 17.9 Å². The van der Waals surface area contributed by atoms with E-state index in [-0.39, 0.29) is 40.7 Å². The number of ether oxygens (including phenoxy) is 5. The van der Waals surface area contributed by atoms with Gasteiger partial charge >= 0.3 is 11.9 Å². The molecular formula is C47H41F2N5O7. The molecule has 1 aliphatic heterocycles. The van der Waals surface area contributed by atoms with E-state index in [4.69, 9.17) is 33.7 Å². The summed E-state index contributed by atoms with van der Waals surface area (Å²) in [5.41, 5.74) is -1.23. The van der Waals surface area contributed by atoms with E-state index in [9.17, 15) is 9.59 Å². The monoisotopic (exact) mass is 825 g/mol. The van der Waals surface area contributed by atoms with Crippen molar-refractivity contribution >= 4 is 29.1 Å². The number of carbonyl (C=O) groups is 2. The number of methoxy groups -OCH3 is 1. The van der Waals surface area contributed by atoms with Crippen molar-refractivity contribution in [2.75, 3.05) is 25.6 Å². The van der Waals surface area contributed by atoms with Crippen molar-refractivity contribution in [3.63, 3.8) is 0 Å². The zero-order chi connectivity index (χ0) is 42.6. The summed E-state index contributed by atoms with van der Waals surface area (Å²) < 4.78 is 64.7. The van der Waals surface area contributed by atoms with Crippen LogP contribution < -0.4 is 14.8 Å². The molecule has 2 aromatic heterocycles. The van der Waals surface area contributed by atoms with Crippen molar-refractivity contribution in [2.45, 2.75) is 43.2 Å². The number of benzene rings is 5. The van der Waals surface area contributed by atoms with Gasteiger partial charge in [-0.05, 0) is 66.9 Å². The molecule has 0 radical (unpaired) electrons. The summed E-state index contributed by atoms with van der Waals surface area (Å²) >= 11 is 0. The van der Waals surface area contributed by atoms with Crippen molar-refractivity contribution in [1.82, 2.24) is 19.5 Å². The zero-order valence-electron chi connectivity index (χ0n) is 33.4. The van der Waals surface area contributed by atoms with Gasteiger partial charge in [0.25, 0.3) is 5.85 Å². The molecular weight excluding hydrogens is 785 g/mol. The summed E-state index contributed by atoms with van der Waals surface area (Å²) in [4.78, 5) is 40.6. The Hall–Kier alpha value is -7.19. The van der Waals surface area contributed by atoms with Gasteiger partial charge in [-0.25, -0.2) is 23.4 Å². The molecule has 1 saturated heterocycles. The van der Waals surface area contributed by atoms with Crippen molar-refractivity contribution < 1.29 is 42.1 Å². The minimum absolute atomic E-state index is 0.00162. The first-order valence-electron chi connectivity index (χ1n) is 19.5. The second-order valence-corrected chi connectivity index (χ2v) is 14.4. The minimum atomic E-state index is -3.19. The number of aromatic nitrogens is 4. The van der Waals surface area contributed by atoms with Crippen molar-refractivity contribution in [3.8, 4) is 11.6 Å². The predicted molar refractivity (Wildman–Crippen MR) is 222 cm³/mol. The number of rotatable bonds is 14. The van der Waals surface area contributed by atoms with Crippen molar-refractivity contribution in [2.24, 2.45) is 0 Å². The molecule has 8 rings (SSSR count). The molecule has 0 bridgehead atoms. The predicted octanol–water partition coefficient (Wildman–Crippen LogP) is 8.64. The average Bonchev–Trinajstić information content (AvgIpc) is 3.81. The van der Waals surface area contributed by atoms with Gasteiger partial charge in [0.1, 0.15) is 11.3 Å². The van der Waals surface area contributed by atoms with E-state index in [0.717, 1.165) is 23.6 Å². The Labute approximate surface area is 350 Å². The van der Waals surface area contributed by atoms with Crippen molar-refractivity contribution in [1.29, 1.82) is 0 Å². The van der Waals surface area contributed by atoms with Gasteiger partial charge in [-0.3, -0.25) is 4.57 Å². The van der Waals surface area contributed by atoms with Gasteiger partial charge in [-0.1, -0.05) is 109 Å². The van der Waals surface area contributed by atoms with Gasteiger partial charge in [-0.2, -0.15) is 9.97 Å². The topological polar surface area (TPSA) is 136 Å². The van der Waals surface area contributed by atoms with Crippen LogP contribution in [0.2, 0.25) is 0 Å². The number of imidazole rings is 1. The van der Waals surface area contributed by atoms with Gasteiger partial charge < -0.3 is 29.0 Å². The van der Waals surface area contributed by atoms with Gasteiger partial charge in [0.15, 0.2) is 29.7 Å². The van der Waals surface area contributed by atoms with Crippen LogP contribution in [0.15, 0.2) is 152 Å². The van der Waals surface area contributed by atoms with Gasteiger partial charge in [-0.15, -0.1) is 0 Å². The summed E-state index contributed by atoms with van der Waals surface area (Å²) in [7, 11) is 1.59. The third-order valence-electron chi connectivity index (χ3n) is 10.5. The number of anilines is 1. The molecule has 5 aromatic carbocycles. The number of fused-ring (bicyclic) bond motifs is 1. The van der Waals surface area contributed by atoms with Gasteiger partial charge in [0.05, 0.1) is 31.2 Å². The van der Waals surface area contributed by atoms with Crippen LogP contribution in [-0.4, -0.2) is 69.4 Å². The fourth-order valence-corrected chi connectivity index (χ4v) is 7.58. The summed E-state index contributed by atoms with van der Waals surface area (Å²) in [6.07, 6.45) is -2.90. The Morgan fingerprint density at radius 3 is 1.87 bits per heavy atom. The van der Waals surface area contributed by atoms with E-state index in [1.165, 1.54) is 35.2 Å². The first-order chi connectivity index (χ1) is 29.6. The number of alkyl halides is 2. The Morgan fingerprint density at radius 2 is 1.31 bits per heavy atom. The lowest BCUT2D eigenvalue weighted by Crippen LogP contribution is -2.50.